The molecule has 180 valence electrons. The number of aryl methyl sites for hydroxylation is 4. The molecule has 0 saturated heterocycles. The normalized spacial score (nSPS) is 13.9. The van der Waals surface area contributed by atoms with Crippen LogP contribution in [0.25, 0.3) is 0 Å². The summed E-state index contributed by atoms with van der Waals surface area (Å²) < 4.78 is 62.0. The third kappa shape index (κ3) is 4.50. The van der Waals surface area contributed by atoms with Crippen molar-refractivity contribution in [3.05, 3.63) is 76.9 Å². The van der Waals surface area contributed by atoms with Gasteiger partial charge in [0.25, 0.3) is 20.0 Å². The van der Waals surface area contributed by atoms with Crippen LogP contribution in [0.2, 0.25) is 0 Å². The van der Waals surface area contributed by atoms with Crippen molar-refractivity contribution >= 4 is 31.4 Å². The molecule has 9 heteroatoms. The van der Waals surface area contributed by atoms with Crippen LogP contribution in [0.1, 0.15) is 28.7 Å². The molecule has 0 aromatic heterocycles. The van der Waals surface area contributed by atoms with Crippen LogP contribution in [-0.4, -0.2) is 30.5 Å². The summed E-state index contributed by atoms with van der Waals surface area (Å²) in [6.07, 6.45) is 1.29. The first-order valence-corrected chi connectivity index (χ1v) is 13.9. The Morgan fingerprint density at radius 2 is 1.53 bits per heavy atom. The lowest BCUT2D eigenvalue weighted by Gasteiger charge is -2.31. The Balaban J connectivity index is 1.65. The lowest BCUT2D eigenvalue weighted by Crippen LogP contribution is -2.35. The highest BCUT2D eigenvalue weighted by Gasteiger charge is 2.29. The lowest BCUT2D eigenvalue weighted by atomic mass is 10.0. The standard InChI is InChI=1S/C25H28N2O5S2/c1-17-14-19(3)25(15-18(17)2)33(28,29)26-21-7-12-24-20(16-21)6-5-13-27(24)34(30,31)23-10-8-22(32-4)9-11-23/h7-12,14-16,26H,5-6,13H2,1-4H3. The highest BCUT2D eigenvalue weighted by Crippen LogP contribution is 2.35. The van der Waals surface area contributed by atoms with Crippen molar-refractivity contribution in [1.82, 2.24) is 0 Å². The fourth-order valence-electron chi connectivity index (χ4n) is 4.18. The van der Waals surface area contributed by atoms with Gasteiger partial charge in [-0.1, -0.05) is 6.07 Å². The Hall–Kier alpha value is -3.04. The van der Waals surface area contributed by atoms with E-state index in [4.69, 9.17) is 4.74 Å². The molecule has 0 aliphatic carbocycles. The molecular formula is C25H28N2O5S2. The molecule has 1 aliphatic heterocycles. The number of hydrogen-bond donors (Lipinski definition) is 1. The molecule has 1 heterocycles. The van der Waals surface area contributed by atoms with Gasteiger partial charge in [-0.2, -0.15) is 0 Å². The fourth-order valence-corrected chi connectivity index (χ4v) is 7.09. The summed E-state index contributed by atoms with van der Waals surface area (Å²) in [4.78, 5) is 0.410. The average Bonchev–Trinajstić information content (AvgIpc) is 2.80. The third-order valence-corrected chi connectivity index (χ3v) is 9.49. The van der Waals surface area contributed by atoms with Gasteiger partial charge in [-0.05, 0) is 104 Å². The van der Waals surface area contributed by atoms with Crippen molar-refractivity contribution in [2.24, 2.45) is 0 Å². The van der Waals surface area contributed by atoms with Crippen LogP contribution < -0.4 is 13.8 Å². The van der Waals surface area contributed by atoms with Crippen LogP contribution in [0.15, 0.2) is 64.4 Å². The molecular weight excluding hydrogens is 472 g/mol. The minimum absolute atomic E-state index is 0.177. The number of methoxy groups -OCH3 is 1. The largest absolute Gasteiger partial charge is 0.497 e. The molecule has 1 aliphatic rings. The zero-order chi connectivity index (χ0) is 24.7. The first-order chi connectivity index (χ1) is 16.0. The Labute approximate surface area is 201 Å². The summed E-state index contributed by atoms with van der Waals surface area (Å²) in [7, 11) is -6.04. The molecule has 0 radical (unpaired) electrons. The van der Waals surface area contributed by atoms with E-state index in [1.165, 1.54) is 23.5 Å². The number of nitrogens with zero attached hydrogens (tertiary/aromatic N) is 1. The topological polar surface area (TPSA) is 92.8 Å². The van der Waals surface area contributed by atoms with Gasteiger partial charge in [-0.15, -0.1) is 0 Å². The van der Waals surface area contributed by atoms with Crippen LogP contribution in [0.4, 0.5) is 11.4 Å². The van der Waals surface area contributed by atoms with Crippen molar-refractivity contribution in [3.63, 3.8) is 0 Å². The highest BCUT2D eigenvalue weighted by atomic mass is 32.2. The van der Waals surface area contributed by atoms with Gasteiger partial charge in [-0.3, -0.25) is 9.03 Å². The quantitative estimate of drug-likeness (QED) is 0.536. The van der Waals surface area contributed by atoms with Crippen LogP contribution in [0.3, 0.4) is 0 Å². The number of ether oxygens (including phenoxy) is 1. The molecule has 34 heavy (non-hydrogen) atoms. The first-order valence-electron chi connectivity index (χ1n) is 10.9. The van der Waals surface area contributed by atoms with Crippen LogP contribution >= 0.6 is 0 Å². The van der Waals surface area contributed by atoms with Crippen molar-refractivity contribution < 1.29 is 21.6 Å². The fraction of sp³-hybridized carbons (Fsp3) is 0.280. The number of sulfonamides is 2. The minimum Gasteiger partial charge on any atom is -0.497 e. The third-order valence-electron chi connectivity index (χ3n) is 6.14. The predicted molar refractivity (Wildman–Crippen MR) is 134 cm³/mol. The summed E-state index contributed by atoms with van der Waals surface area (Å²) in [6.45, 7) is 5.95. The molecule has 0 saturated carbocycles. The Morgan fingerprint density at radius 1 is 0.853 bits per heavy atom. The second-order valence-electron chi connectivity index (χ2n) is 8.51. The Morgan fingerprint density at radius 3 is 2.21 bits per heavy atom. The van der Waals surface area contributed by atoms with E-state index in [1.54, 1.807) is 43.3 Å². The highest BCUT2D eigenvalue weighted by molar-refractivity contribution is 7.93. The van der Waals surface area contributed by atoms with Crippen LogP contribution in [-0.2, 0) is 26.5 Å². The molecule has 0 fully saturated rings. The molecule has 3 aromatic carbocycles. The number of anilines is 2. The molecule has 3 aromatic rings. The van der Waals surface area contributed by atoms with E-state index in [-0.39, 0.29) is 9.79 Å². The van der Waals surface area contributed by atoms with E-state index in [9.17, 15) is 16.8 Å². The second-order valence-corrected chi connectivity index (χ2v) is 12.0. The predicted octanol–water partition coefficient (Wildman–Crippen LogP) is 4.56. The average molecular weight is 501 g/mol. The zero-order valence-corrected chi connectivity index (χ0v) is 21.3. The minimum atomic E-state index is -3.80. The molecule has 1 N–H and O–H groups in total. The SMILES string of the molecule is COc1ccc(S(=O)(=O)N2CCCc3cc(NS(=O)(=O)c4cc(C)c(C)cc4C)ccc32)cc1. The van der Waals surface area contributed by atoms with E-state index < -0.39 is 20.0 Å². The van der Waals surface area contributed by atoms with Gasteiger partial charge in [0.1, 0.15) is 5.75 Å². The van der Waals surface area contributed by atoms with E-state index in [0.717, 1.165) is 16.7 Å². The molecule has 0 atom stereocenters. The maximum atomic E-state index is 13.3. The summed E-state index contributed by atoms with van der Waals surface area (Å²) in [5.74, 6) is 0.578. The Kier molecular flexibility index (Phi) is 6.35. The molecule has 0 bridgehead atoms. The van der Waals surface area contributed by atoms with E-state index in [1.807, 2.05) is 19.9 Å². The van der Waals surface area contributed by atoms with Gasteiger partial charge in [0, 0.05) is 12.2 Å². The van der Waals surface area contributed by atoms with Gasteiger partial charge < -0.3 is 4.74 Å². The summed E-state index contributed by atoms with van der Waals surface area (Å²) in [5, 5.41) is 0. The van der Waals surface area contributed by atoms with E-state index in [0.29, 0.717) is 42.1 Å². The second kappa shape index (κ2) is 8.96. The molecule has 0 spiro atoms. The van der Waals surface area contributed by atoms with Gasteiger partial charge in [0.05, 0.1) is 22.6 Å². The van der Waals surface area contributed by atoms with Gasteiger partial charge in [-0.25, -0.2) is 16.8 Å². The zero-order valence-electron chi connectivity index (χ0n) is 19.6. The lowest BCUT2D eigenvalue weighted by molar-refractivity contribution is 0.414. The molecule has 4 rings (SSSR count). The molecule has 7 nitrogen and oxygen atoms in total. The maximum absolute atomic E-state index is 13.3. The first kappa shape index (κ1) is 24.1. The van der Waals surface area contributed by atoms with Crippen molar-refractivity contribution in [2.45, 2.75) is 43.4 Å². The number of fused-ring (bicyclic) bond motifs is 1. The van der Waals surface area contributed by atoms with Crippen molar-refractivity contribution in [3.8, 4) is 5.75 Å². The van der Waals surface area contributed by atoms with Gasteiger partial charge >= 0.3 is 0 Å². The summed E-state index contributed by atoms with van der Waals surface area (Å²) in [5.41, 5.74) is 4.34. The van der Waals surface area contributed by atoms with Crippen molar-refractivity contribution in [2.75, 3.05) is 22.7 Å². The van der Waals surface area contributed by atoms with E-state index >= 15 is 0 Å². The van der Waals surface area contributed by atoms with Gasteiger partial charge in [0.2, 0.25) is 0 Å². The van der Waals surface area contributed by atoms with Crippen molar-refractivity contribution in [1.29, 1.82) is 0 Å². The number of nitrogens with one attached hydrogen (secondary N) is 1. The molecule has 0 amide bonds. The van der Waals surface area contributed by atoms with E-state index in [2.05, 4.69) is 4.72 Å². The summed E-state index contributed by atoms with van der Waals surface area (Å²) >= 11 is 0. The number of benzene rings is 3. The maximum Gasteiger partial charge on any atom is 0.264 e. The van der Waals surface area contributed by atoms with Crippen LogP contribution in [0.5, 0.6) is 5.75 Å². The monoisotopic (exact) mass is 500 g/mol. The number of hydrogen-bond acceptors (Lipinski definition) is 5. The Bertz CT molecular complexity index is 1450. The van der Waals surface area contributed by atoms with Crippen LogP contribution in [0, 0.1) is 20.8 Å². The summed E-state index contributed by atoms with van der Waals surface area (Å²) in [6, 6.07) is 14.8. The smallest absolute Gasteiger partial charge is 0.264 e. The van der Waals surface area contributed by atoms with Gasteiger partial charge in [0.15, 0.2) is 0 Å². The number of rotatable bonds is 6. The molecule has 0 unspecified atom stereocenters.